The van der Waals surface area contributed by atoms with Crippen molar-refractivity contribution in [3.8, 4) is 23.0 Å². The lowest BCUT2D eigenvalue weighted by Gasteiger charge is -2.07. The Morgan fingerprint density at radius 1 is 0.288 bits per heavy atom. The Morgan fingerprint density at radius 3 is 0.904 bits per heavy atom. The van der Waals surface area contributed by atoms with Crippen molar-refractivity contribution in [3.63, 3.8) is 0 Å². The van der Waals surface area contributed by atoms with Crippen molar-refractivity contribution in [2.75, 3.05) is 52.4 Å². The molecular weight excluding hydrogens is 649 g/mol. The predicted molar refractivity (Wildman–Crippen MR) is 216 cm³/mol. The molecule has 8 nitrogen and oxygen atoms in total. The highest BCUT2D eigenvalue weighted by Crippen LogP contribution is 2.25. The lowest BCUT2D eigenvalue weighted by molar-refractivity contribution is 0.403. The fourth-order valence-electron chi connectivity index (χ4n) is 5.88. The van der Waals surface area contributed by atoms with Crippen molar-refractivity contribution < 1.29 is 20.4 Å². The van der Waals surface area contributed by atoms with E-state index in [4.69, 9.17) is 0 Å². The molecule has 4 rings (SSSR count). The van der Waals surface area contributed by atoms with Crippen molar-refractivity contribution in [1.29, 1.82) is 0 Å². The van der Waals surface area contributed by atoms with Gasteiger partial charge in [-0.1, -0.05) is 98.5 Å². The lowest BCUT2D eigenvalue weighted by atomic mass is 10.1. The van der Waals surface area contributed by atoms with E-state index in [1.54, 1.807) is 24.3 Å². The second-order valence-corrected chi connectivity index (χ2v) is 13.4. The van der Waals surface area contributed by atoms with Crippen molar-refractivity contribution in [2.24, 2.45) is 0 Å². The minimum absolute atomic E-state index is 0.0418. The number of nitrogens with one attached hydrogen (secondary N) is 4. The maximum absolute atomic E-state index is 9.46. The van der Waals surface area contributed by atoms with Gasteiger partial charge in [-0.15, -0.1) is 0 Å². The number of hydrogen-bond acceptors (Lipinski definition) is 8. The smallest absolute Gasteiger partial charge is 0.157 e. The zero-order valence-corrected chi connectivity index (χ0v) is 31.2. The Kier molecular flexibility index (Phi) is 22.4. The molecule has 0 aromatic heterocycles. The van der Waals surface area contributed by atoms with Gasteiger partial charge in [-0.05, 0) is 150 Å². The standard InChI is InChI=1S/2C22H32N2O2/c2*25-21-11-10-20(18-22(21)26)13-17-24-15-7-2-1-6-14-23-16-12-19-8-4-3-5-9-19/h2*3-5,8-11,18,23-26H,1-2,6-7,12-17H2. The van der Waals surface area contributed by atoms with E-state index in [0.717, 1.165) is 89.2 Å². The van der Waals surface area contributed by atoms with Crippen LogP contribution in [0.2, 0.25) is 0 Å². The summed E-state index contributed by atoms with van der Waals surface area (Å²) in [6.45, 7) is 8.17. The van der Waals surface area contributed by atoms with Crippen LogP contribution < -0.4 is 21.3 Å². The molecule has 8 heteroatoms. The monoisotopic (exact) mass is 712 g/mol. The molecule has 4 aromatic carbocycles. The summed E-state index contributed by atoms with van der Waals surface area (Å²) in [5, 5.41) is 51.4. The van der Waals surface area contributed by atoms with Crippen molar-refractivity contribution >= 4 is 0 Å². The molecule has 8 N–H and O–H groups in total. The normalized spacial score (nSPS) is 10.9. The van der Waals surface area contributed by atoms with E-state index >= 15 is 0 Å². The quantitative estimate of drug-likeness (QED) is 0.0253. The summed E-state index contributed by atoms with van der Waals surface area (Å²) in [5.41, 5.74) is 4.87. The number of hydrogen-bond donors (Lipinski definition) is 8. The first-order valence-electron chi connectivity index (χ1n) is 19.4. The summed E-state index contributed by atoms with van der Waals surface area (Å²) in [6.07, 6.45) is 13.8. The molecule has 284 valence electrons. The first kappa shape index (κ1) is 42.3. The molecule has 0 atom stereocenters. The summed E-state index contributed by atoms with van der Waals surface area (Å²) in [7, 11) is 0. The topological polar surface area (TPSA) is 129 Å². The van der Waals surface area contributed by atoms with Crippen LogP contribution in [0.3, 0.4) is 0 Å². The summed E-state index contributed by atoms with van der Waals surface area (Å²) >= 11 is 0. The molecule has 0 radical (unpaired) electrons. The van der Waals surface area contributed by atoms with Crippen molar-refractivity contribution in [1.82, 2.24) is 21.3 Å². The molecule has 4 aromatic rings. The van der Waals surface area contributed by atoms with E-state index in [1.165, 1.54) is 62.5 Å². The zero-order valence-electron chi connectivity index (χ0n) is 31.2. The summed E-state index contributed by atoms with van der Waals surface area (Å²) in [5.74, 6) is -0.202. The summed E-state index contributed by atoms with van der Waals surface area (Å²) in [6, 6.07) is 31.2. The maximum atomic E-state index is 9.46. The Labute approximate surface area is 312 Å². The second kappa shape index (κ2) is 27.6. The van der Waals surface area contributed by atoms with E-state index in [0.29, 0.717) is 0 Å². The minimum Gasteiger partial charge on any atom is -0.504 e. The van der Waals surface area contributed by atoms with Crippen LogP contribution in [0.15, 0.2) is 97.1 Å². The molecule has 0 heterocycles. The van der Waals surface area contributed by atoms with Crippen LogP contribution in [0, 0.1) is 0 Å². The van der Waals surface area contributed by atoms with Gasteiger partial charge in [0, 0.05) is 0 Å². The van der Waals surface area contributed by atoms with Gasteiger partial charge in [0.15, 0.2) is 23.0 Å². The third-order valence-corrected chi connectivity index (χ3v) is 9.04. The maximum Gasteiger partial charge on any atom is 0.157 e. The zero-order chi connectivity index (χ0) is 36.9. The van der Waals surface area contributed by atoms with E-state index in [1.807, 2.05) is 12.1 Å². The molecule has 0 aliphatic carbocycles. The molecule has 0 spiro atoms. The highest BCUT2D eigenvalue weighted by molar-refractivity contribution is 5.41. The third kappa shape index (κ3) is 20.1. The average molecular weight is 713 g/mol. The molecule has 0 fully saturated rings. The Balaban J connectivity index is 0.000000280. The number of phenolic OH excluding ortho intramolecular Hbond substituents is 4. The molecule has 0 bridgehead atoms. The van der Waals surface area contributed by atoms with Crippen LogP contribution in [0.25, 0.3) is 0 Å². The van der Waals surface area contributed by atoms with Crippen LogP contribution in [0.5, 0.6) is 23.0 Å². The molecular formula is C44H64N4O4. The van der Waals surface area contributed by atoms with Crippen LogP contribution in [-0.4, -0.2) is 72.8 Å². The number of aromatic hydroxyl groups is 4. The number of benzene rings is 4. The predicted octanol–water partition coefficient (Wildman–Crippen LogP) is 7.25. The Hall–Kier alpha value is -4.08. The molecule has 0 aliphatic rings. The molecule has 0 saturated carbocycles. The lowest BCUT2D eigenvalue weighted by Crippen LogP contribution is -2.19. The number of phenols is 4. The third-order valence-electron chi connectivity index (χ3n) is 9.04. The highest BCUT2D eigenvalue weighted by Gasteiger charge is 2.02. The van der Waals surface area contributed by atoms with Crippen LogP contribution >= 0.6 is 0 Å². The van der Waals surface area contributed by atoms with Crippen LogP contribution in [0.1, 0.15) is 73.6 Å². The van der Waals surface area contributed by atoms with Gasteiger partial charge < -0.3 is 41.7 Å². The Bertz CT molecular complexity index is 1340. The molecule has 52 heavy (non-hydrogen) atoms. The fourth-order valence-corrected chi connectivity index (χ4v) is 5.88. The first-order chi connectivity index (χ1) is 25.5. The fraction of sp³-hybridized carbons (Fsp3) is 0.455. The summed E-state index contributed by atoms with van der Waals surface area (Å²) < 4.78 is 0. The number of rotatable bonds is 26. The van der Waals surface area contributed by atoms with Gasteiger partial charge in [0.2, 0.25) is 0 Å². The SMILES string of the molecule is Oc1ccc(CCNCCCCCCNCCc2ccccc2)cc1O.Oc1ccc(CCNCCCCCCNCCc2ccccc2)cc1O. The molecule has 0 saturated heterocycles. The van der Waals surface area contributed by atoms with Gasteiger partial charge in [-0.3, -0.25) is 0 Å². The highest BCUT2D eigenvalue weighted by atomic mass is 16.3. The average Bonchev–Trinajstić information content (AvgIpc) is 3.16. The van der Waals surface area contributed by atoms with E-state index in [9.17, 15) is 20.4 Å². The minimum atomic E-state index is -0.0590. The van der Waals surface area contributed by atoms with Crippen LogP contribution in [-0.2, 0) is 25.7 Å². The van der Waals surface area contributed by atoms with Gasteiger partial charge in [0.25, 0.3) is 0 Å². The largest absolute Gasteiger partial charge is 0.504 e. The van der Waals surface area contributed by atoms with E-state index in [-0.39, 0.29) is 23.0 Å². The Morgan fingerprint density at radius 2 is 0.596 bits per heavy atom. The van der Waals surface area contributed by atoms with Gasteiger partial charge in [-0.25, -0.2) is 0 Å². The van der Waals surface area contributed by atoms with Gasteiger partial charge in [0.05, 0.1) is 0 Å². The molecule has 0 amide bonds. The van der Waals surface area contributed by atoms with Crippen molar-refractivity contribution in [2.45, 2.75) is 77.0 Å². The first-order valence-corrected chi connectivity index (χ1v) is 19.4. The summed E-state index contributed by atoms with van der Waals surface area (Å²) in [4.78, 5) is 0. The molecule has 0 aliphatic heterocycles. The second-order valence-electron chi connectivity index (χ2n) is 13.4. The van der Waals surface area contributed by atoms with Gasteiger partial charge >= 0.3 is 0 Å². The van der Waals surface area contributed by atoms with Gasteiger partial charge in [-0.2, -0.15) is 0 Å². The molecule has 0 unspecified atom stereocenters. The van der Waals surface area contributed by atoms with E-state index < -0.39 is 0 Å². The van der Waals surface area contributed by atoms with Gasteiger partial charge in [0.1, 0.15) is 0 Å². The van der Waals surface area contributed by atoms with Crippen molar-refractivity contribution in [3.05, 3.63) is 119 Å². The van der Waals surface area contributed by atoms with Crippen LogP contribution in [0.4, 0.5) is 0 Å². The number of unbranched alkanes of at least 4 members (excludes halogenated alkanes) is 6. The van der Waals surface area contributed by atoms with E-state index in [2.05, 4.69) is 81.9 Å².